The molecule has 2 aliphatic rings. The quantitative estimate of drug-likeness (QED) is 0.729. The number of fused-ring (bicyclic) bond motifs is 1. The van der Waals surface area contributed by atoms with Gasteiger partial charge in [-0.3, -0.25) is 9.69 Å². The summed E-state index contributed by atoms with van der Waals surface area (Å²) in [6, 6.07) is 7.63. The predicted octanol–water partition coefficient (Wildman–Crippen LogP) is 1.60. The van der Waals surface area contributed by atoms with Gasteiger partial charge in [0.2, 0.25) is 10.0 Å². The Morgan fingerprint density at radius 1 is 1.16 bits per heavy atom. The normalized spacial score (nSPS) is 17.1. The third-order valence-corrected chi connectivity index (χ3v) is 7.35. The fourth-order valence-corrected chi connectivity index (χ4v) is 5.46. The van der Waals surface area contributed by atoms with E-state index >= 15 is 0 Å². The topological polar surface area (TPSA) is 83.9 Å². The number of aromatic nitrogens is 1. The summed E-state index contributed by atoms with van der Waals surface area (Å²) in [6.45, 7) is 7.94. The van der Waals surface area contributed by atoms with Crippen LogP contribution in [0.25, 0.3) is 0 Å². The summed E-state index contributed by atoms with van der Waals surface area (Å²) in [5, 5.41) is 0. The van der Waals surface area contributed by atoms with Crippen LogP contribution in [0.15, 0.2) is 35.4 Å². The highest BCUT2D eigenvalue weighted by atomic mass is 32.2. The van der Waals surface area contributed by atoms with E-state index in [1.54, 1.807) is 30.4 Å². The Morgan fingerprint density at radius 3 is 2.61 bits per heavy atom. The van der Waals surface area contributed by atoms with Crippen molar-refractivity contribution in [1.82, 2.24) is 19.1 Å². The van der Waals surface area contributed by atoms with E-state index < -0.39 is 10.0 Å². The number of ether oxygens (including phenoxy) is 1. The lowest BCUT2D eigenvalue weighted by Crippen LogP contribution is -2.48. The van der Waals surface area contributed by atoms with Gasteiger partial charge in [-0.05, 0) is 37.1 Å². The van der Waals surface area contributed by atoms with Crippen molar-refractivity contribution in [2.24, 2.45) is 7.05 Å². The minimum absolute atomic E-state index is 0.117. The number of carbonyl (C=O) groups is 1. The molecule has 0 saturated carbocycles. The van der Waals surface area contributed by atoms with Gasteiger partial charge in [-0.25, -0.2) is 13.1 Å². The average molecular weight is 447 g/mol. The van der Waals surface area contributed by atoms with E-state index in [0.717, 1.165) is 38.4 Å². The van der Waals surface area contributed by atoms with Gasteiger partial charge in [0.05, 0.1) is 6.61 Å². The van der Waals surface area contributed by atoms with Crippen LogP contribution in [0, 0.1) is 0 Å². The van der Waals surface area contributed by atoms with Crippen LogP contribution in [0.2, 0.25) is 0 Å². The highest BCUT2D eigenvalue weighted by Gasteiger charge is 2.27. The summed E-state index contributed by atoms with van der Waals surface area (Å²) in [4.78, 5) is 17.3. The molecule has 1 aromatic carbocycles. The fraction of sp³-hybridized carbons (Fsp3) is 0.500. The van der Waals surface area contributed by atoms with Crippen LogP contribution in [0.1, 0.15) is 35.5 Å². The molecule has 8 nitrogen and oxygen atoms in total. The molecule has 4 rings (SSSR count). The Bertz CT molecular complexity index is 1070. The van der Waals surface area contributed by atoms with E-state index in [9.17, 15) is 13.2 Å². The minimum Gasteiger partial charge on any atom is -0.493 e. The van der Waals surface area contributed by atoms with Gasteiger partial charge < -0.3 is 14.2 Å². The highest BCUT2D eigenvalue weighted by molar-refractivity contribution is 7.89. The number of amides is 1. The van der Waals surface area contributed by atoms with E-state index in [4.69, 9.17) is 4.74 Å². The molecule has 9 heteroatoms. The standard InChI is InChI=1S/C22H30N4O4S/c1-16(2)23-31(28,29)19-13-20(24(3)15-19)22(27)26-9-7-25(8-10-26)14-17-4-5-21-18(12-17)6-11-30-21/h4-5,12-13,15-16,23H,6-11,14H2,1-3H3. The maximum absolute atomic E-state index is 13.0. The zero-order valence-corrected chi connectivity index (χ0v) is 19.1. The summed E-state index contributed by atoms with van der Waals surface area (Å²) < 4.78 is 34.6. The number of benzene rings is 1. The number of hydrogen-bond donors (Lipinski definition) is 1. The molecule has 0 aliphatic carbocycles. The van der Waals surface area contributed by atoms with Crippen molar-refractivity contribution in [1.29, 1.82) is 0 Å². The predicted molar refractivity (Wildman–Crippen MR) is 118 cm³/mol. The smallest absolute Gasteiger partial charge is 0.270 e. The number of sulfonamides is 1. The molecule has 2 aromatic rings. The first-order chi connectivity index (χ1) is 14.7. The second kappa shape index (κ2) is 8.64. The Kier molecular flexibility index (Phi) is 6.09. The zero-order chi connectivity index (χ0) is 22.2. The van der Waals surface area contributed by atoms with Crippen LogP contribution in [-0.2, 0) is 30.0 Å². The Hall–Kier alpha value is -2.36. The Labute approximate surface area is 183 Å². The third-order valence-electron chi connectivity index (χ3n) is 5.72. The lowest BCUT2D eigenvalue weighted by molar-refractivity contribution is 0.0619. The number of aryl methyl sites for hydroxylation is 1. The maximum atomic E-state index is 13.0. The van der Waals surface area contributed by atoms with Crippen LogP contribution in [0.5, 0.6) is 5.75 Å². The molecular formula is C22H30N4O4S. The molecule has 1 aromatic heterocycles. The summed E-state index contributed by atoms with van der Waals surface area (Å²) in [6.07, 6.45) is 2.46. The first-order valence-corrected chi connectivity index (χ1v) is 12.2. The maximum Gasteiger partial charge on any atom is 0.270 e. The average Bonchev–Trinajstić information content (AvgIpc) is 3.33. The lowest BCUT2D eigenvalue weighted by Gasteiger charge is -2.34. The summed E-state index contributed by atoms with van der Waals surface area (Å²) in [5.74, 6) is 0.856. The van der Waals surface area contributed by atoms with E-state index in [0.29, 0.717) is 18.8 Å². The Balaban J connectivity index is 1.37. The molecule has 2 aliphatic heterocycles. The first-order valence-electron chi connectivity index (χ1n) is 10.7. The van der Waals surface area contributed by atoms with Gasteiger partial charge in [0.15, 0.2) is 0 Å². The van der Waals surface area contributed by atoms with Crippen molar-refractivity contribution in [3.8, 4) is 5.75 Å². The molecule has 3 heterocycles. The molecule has 168 valence electrons. The first kappa shape index (κ1) is 21.9. The SMILES string of the molecule is CC(C)NS(=O)(=O)c1cc(C(=O)N2CCN(Cc3ccc4c(c3)CCO4)CC2)n(C)c1. The summed E-state index contributed by atoms with van der Waals surface area (Å²) >= 11 is 0. The van der Waals surface area contributed by atoms with Crippen LogP contribution in [-0.4, -0.2) is 67.5 Å². The van der Waals surface area contributed by atoms with Crippen LogP contribution >= 0.6 is 0 Å². The van der Waals surface area contributed by atoms with Crippen LogP contribution in [0.4, 0.5) is 0 Å². The number of rotatable bonds is 6. The molecular weight excluding hydrogens is 416 g/mol. The molecule has 1 amide bonds. The van der Waals surface area contributed by atoms with Crippen molar-refractivity contribution in [2.45, 2.75) is 37.8 Å². The largest absolute Gasteiger partial charge is 0.493 e. The van der Waals surface area contributed by atoms with Gasteiger partial charge in [0, 0.05) is 58.4 Å². The number of piperazine rings is 1. The van der Waals surface area contributed by atoms with Crippen molar-refractivity contribution < 1.29 is 17.9 Å². The lowest BCUT2D eigenvalue weighted by atomic mass is 10.1. The van der Waals surface area contributed by atoms with Crippen LogP contribution in [0.3, 0.4) is 0 Å². The number of nitrogens with one attached hydrogen (secondary N) is 1. The number of carbonyl (C=O) groups excluding carboxylic acids is 1. The van der Waals surface area contributed by atoms with Crippen molar-refractivity contribution in [3.63, 3.8) is 0 Å². The molecule has 31 heavy (non-hydrogen) atoms. The Morgan fingerprint density at radius 2 is 1.90 bits per heavy atom. The molecule has 1 fully saturated rings. The number of hydrogen-bond acceptors (Lipinski definition) is 5. The minimum atomic E-state index is -3.63. The van der Waals surface area contributed by atoms with E-state index in [1.807, 2.05) is 6.07 Å². The van der Waals surface area contributed by atoms with Gasteiger partial charge in [-0.15, -0.1) is 0 Å². The zero-order valence-electron chi connectivity index (χ0n) is 18.3. The van der Waals surface area contributed by atoms with Crippen molar-refractivity contribution >= 4 is 15.9 Å². The molecule has 0 atom stereocenters. The second-order valence-corrected chi connectivity index (χ2v) is 10.3. The van der Waals surface area contributed by atoms with Gasteiger partial charge in [0.1, 0.15) is 16.3 Å². The molecule has 1 saturated heterocycles. The van der Waals surface area contributed by atoms with Gasteiger partial charge in [-0.1, -0.05) is 12.1 Å². The van der Waals surface area contributed by atoms with Crippen LogP contribution < -0.4 is 9.46 Å². The fourth-order valence-electron chi connectivity index (χ4n) is 4.14. The molecule has 0 radical (unpaired) electrons. The summed E-state index contributed by atoms with van der Waals surface area (Å²) in [5.41, 5.74) is 2.92. The van der Waals surface area contributed by atoms with E-state index in [1.165, 1.54) is 23.4 Å². The van der Waals surface area contributed by atoms with Gasteiger partial charge in [0.25, 0.3) is 5.91 Å². The van der Waals surface area contributed by atoms with Crippen molar-refractivity contribution in [2.75, 3.05) is 32.8 Å². The molecule has 1 N–H and O–H groups in total. The van der Waals surface area contributed by atoms with Crippen molar-refractivity contribution in [3.05, 3.63) is 47.3 Å². The molecule has 0 unspecified atom stereocenters. The monoisotopic (exact) mass is 446 g/mol. The number of nitrogens with zero attached hydrogens (tertiary/aromatic N) is 3. The molecule has 0 spiro atoms. The molecule has 0 bridgehead atoms. The highest BCUT2D eigenvalue weighted by Crippen LogP contribution is 2.26. The van der Waals surface area contributed by atoms with E-state index in [-0.39, 0.29) is 16.8 Å². The van der Waals surface area contributed by atoms with Gasteiger partial charge >= 0.3 is 0 Å². The second-order valence-electron chi connectivity index (χ2n) is 8.56. The van der Waals surface area contributed by atoms with E-state index in [2.05, 4.69) is 21.8 Å². The third kappa shape index (κ3) is 4.78. The van der Waals surface area contributed by atoms with Gasteiger partial charge in [-0.2, -0.15) is 0 Å². The summed E-state index contributed by atoms with van der Waals surface area (Å²) in [7, 11) is -1.93.